The summed E-state index contributed by atoms with van der Waals surface area (Å²) in [4.78, 5) is 23.1. The summed E-state index contributed by atoms with van der Waals surface area (Å²) >= 11 is 0. The molecule has 62 valence electrons. The van der Waals surface area contributed by atoms with E-state index in [1.54, 1.807) is 4.90 Å². The Kier molecular flexibility index (Phi) is 2.12. The molecule has 1 heterocycles. The van der Waals surface area contributed by atoms with Gasteiger partial charge in [0.1, 0.15) is 5.92 Å². The molecule has 0 aromatic carbocycles. The fourth-order valence-electron chi connectivity index (χ4n) is 1.28. The van der Waals surface area contributed by atoms with Gasteiger partial charge in [-0.1, -0.05) is 0 Å². The number of carbonyl (C=O) groups is 2. The van der Waals surface area contributed by atoms with Crippen LogP contribution in [-0.4, -0.2) is 35.0 Å². The smallest absolute Gasteiger partial charge is 0.316 e. The first kappa shape index (κ1) is 8.04. The van der Waals surface area contributed by atoms with E-state index < -0.39 is 11.9 Å². The average Bonchev–Trinajstić information content (AvgIpc) is 2.30. The van der Waals surface area contributed by atoms with Crippen molar-refractivity contribution in [3.05, 3.63) is 0 Å². The van der Waals surface area contributed by atoms with Crippen LogP contribution in [0.15, 0.2) is 0 Å². The van der Waals surface area contributed by atoms with Gasteiger partial charge in [0.25, 0.3) is 0 Å². The number of aliphatic carboxylic acids is 1. The Bertz CT molecular complexity index is 190. The molecule has 1 amide bonds. The van der Waals surface area contributed by atoms with Crippen molar-refractivity contribution in [3.63, 3.8) is 0 Å². The largest absolute Gasteiger partial charge is 0.481 e. The molecule has 0 aromatic rings. The summed E-state index contributed by atoms with van der Waals surface area (Å²) in [6.45, 7) is 3.05. The van der Waals surface area contributed by atoms with Crippen LogP contribution < -0.4 is 0 Å². The quantitative estimate of drug-likeness (QED) is 0.571. The molecule has 11 heavy (non-hydrogen) atoms. The first-order valence-electron chi connectivity index (χ1n) is 3.68. The molecular formula is C7H11NO3. The molecule has 0 spiro atoms. The van der Waals surface area contributed by atoms with Gasteiger partial charge in [0.05, 0.1) is 0 Å². The molecule has 0 aromatic heterocycles. The molecule has 1 atom stereocenters. The summed E-state index contributed by atoms with van der Waals surface area (Å²) in [6.07, 6.45) is 0.460. The number of hydrogen-bond donors (Lipinski definition) is 1. The van der Waals surface area contributed by atoms with Gasteiger partial charge < -0.3 is 10.0 Å². The van der Waals surface area contributed by atoms with E-state index in [9.17, 15) is 9.59 Å². The van der Waals surface area contributed by atoms with E-state index in [1.165, 1.54) is 0 Å². The first-order chi connectivity index (χ1) is 5.16. The molecular weight excluding hydrogens is 146 g/mol. The maximum absolute atomic E-state index is 11.1. The van der Waals surface area contributed by atoms with Gasteiger partial charge >= 0.3 is 5.97 Å². The first-order valence-corrected chi connectivity index (χ1v) is 3.68. The minimum Gasteiger partial charge on any atom is -0.481 e. The lowest BCUT2D eigenvalue weighted by Gasteiger charge is -2.11. The molecule has 0 radical (unpaired) electrons. The van der Waals surface area contributed by atoms with Crippen LogP contribution in [0.2, 0.25) is 0 Å². The molecule has 1 rings (SSSR count). The van der Waals surface area contributed by atoms with Crippen LogP contribution >= 0.6 is 0 Å². The van der Waals surface area contributed by atoms with E-state index in [0.29, 0.717) is 19.5 Å². The normalized spacial score (nSPS) is 24.3. The monoisotopic (exact) mass is 157 g/mol. The van der Waals surface area contributed by atoms with E-state index >= 15 is 0 Å². The highest BCUT2D eigenvalue weighted by atomic mass is 16.4. The minimum absolute atomic E-state index is 0.236. The highest BCUT2D eigenvalue weighted by Crippen LogP contribution is 2.17. The number of carbonyl (C=O) groups excluding carboxylic acids is 1. The lowest BCUT2D eigenvalue weighted by atomic mass is 10.1. The van der Waals surface area contributed by atoms with Crippen LogP contribution in [0.4, 0.5) is 0 Å². The third kappa shape index (κ3) is 1.34. The van der Waals surface area contributed by atoms with Crippen molar-refractivity contribution in [2.45, 2.75) is 13.3 Å². The summed E-state index contributed by atoms with van der Waals surface area (Å²) in [7, 11) is 0. The molecule has 1 aliphatic heterocycles. The van der Waals surface area contributed by atoms with Crippen molar-refractivity contribution in [1.82, 2.24) is 4.90 Å². The Morgan fingerprint density at radius 3 is 2.73 bits per heavy atom. The molecule has 4 heteroatoms. The molecule has 0 aliphatic carbocycles. The SMILES string of the molecule is CCN1CCC(C(=O)O)C1=O. The van der Waals surface area contributed by atoms with Crippen molar-refractivity contribution in [1.29, 1.82) is 0 Å². The molecule has 1 saturated heterocycles. The van der Waals surface area contributed by atoms with Crippen LogP contribution in [0.3, 0.4) is 0 Å². The van der Waals surface area contributed by atoms with Gasteiger partial charge in [-0.2, -0.15) is 0 Å². The van der Waals surface area contributed by atoms with Crippen LogP contribution in [-0.2, 0) is 9.59 Å². The third-order valence-corrected chi connectivity index (χ3v) is 1.98. The van der Waals surface area contributed by atoms with Crippen molar-refractivity contribution in [3.8, 4) is 0 Å². The molecule has 1 aliphatic rings. The average molecular weight is 157 g/mol. The Morgan fingerprint density at radius 1 is 1.82 bits per heavy atom. The van der Waals surface area contributed by atoms with E-state index in [2.05, 4.69) is 0 Å². The van der Waals surface area contributed by atoms with Crippen LogP contribution in [0, 0.1) is 5.92 Å². The van der Waals surface area contributed by atoms with Crippen molar-refractivity contribution >= 4 is 11.9 Å². The van der Waals surface area contributed by atoms with Crippen LogP contribution in [0.25, 0.3) is 0 Å². The second-order valence-electron chi connectivity index (χ2n) is 2.60. The molecule has 1 unspecified atom stereocenters. The van der Waals surface area contributed by atoms with Gasteiger partial charge in [0.15, 0.2) is 0 Å². The van der Waals surface area contributed by atoms with Gasteiger partial charge in [-0.3, -0.25) is 9.59 Å². The van der Waals surface area contributed by atoms with Gasteiger partial charge in [0.2, 0.25) is 5.91 Å². The zero-order valence-electron chi connectivity index (χ0n) is 6.41. The fraction of sp³-hybridized carbons (Fsp3) is 0.714. The number of rotatable bonds is 2. The van der Waals surface area contributed by atoms with Gasteiger partial charge in [-0.25, -0.2) is 0 Å². The van der Waals surface area contributed by atoms with E-state index in [-0.39, 0.29) is 5.91 Å². The van der Waals surface area contributed by atoms with E-state index in [0.717, 1.165) is 0 Å². The Labute approximate surface area is 64.8 Å². The number of carboxylic acids is 1. The van der Waals surface area contributed by atoms with E-state index in [1.807, 2.05) is 6.92 Å². The fourth-order valence-corrected chi connectivity index (χ4v) is 1.28. The molecule has 4 nitrogen and oxygen atoms in total. The summed E-state index contributed by atoms with van der Waals surface area (Å²) < 4.78 is 0. The highest BCUT2D eigenvalue weighted by molar-refractivity contribution is 5.98. The second-order valence-corrected chi connectivity index (χ2v) is 2.60. The maximum atomic E-state index is 11.1. The number of hydrogen-bond acceptors (Lipinski definition) is 2. The molecule has 0 bridgehead atoms. The predicted molar refractivity (Wildman–Crippen MR) is 38.0 cm³/mol. The standard InChI is InChI=1S/C7H11NO3/c1-2-8-4-3-5(6(8)9)7(10)11/h5H,2-4H2,1H3,(H,10,11). The van der Waals surface area contributed by atoms with Crippen LogP contribution in [0.1, 0.15) is 13.3 Å². The van der Waals surface area contributed by atoms with Crippen molar-refractivity contribution in [2.75, 3.05) is 13.1 Å². The second kappa shape index (κ2) is 2.90. The lowest BCUT2D eigenvalue weighted by molar-refractivity contribution is -0.147. The minimum atomic E-state index is -0.994. The lowest BCUT2D eigenvalue weighted by Crippen LogP contribution is -2.29. The zero-order chi connectivity index (χ0) is 8.43. The Balaban J connectivity index is 2.63. The Morgan fingerprint density at radius 2 is 2.45 bits per heavy atom. The van der Waals surface area contributed by atoms with Gasteiger partial charge in [-0.15, -0.1) is 0 Å². The van der Waals surface area contributed by atoms with Gasteiger partial charge in [0, 0.05) is 13.1 Å². The summed E-state index contributed by atoms with van der Waals surface area (Å²) in [5.74, 6) is -2.01. The predicted octanol–water partition coefficient (Wildman–Crippen LogP) is -0.0606. The topological polar surface area (TPSA) is 57.6 Å². The summed E-state index contributed by atoms with van der Waals surface area (Å²) in [6, 6.07) is 0. The third-order valence-electron chi connectivity index (χ3n) is 1.98. The van der Waals surface area contributed by atoms with Gasteiger partial charge in [-0.05, 0) is 13.3 Å². The molecule has 1 fully saturated rings. The van der Waals surface area contributed by atoms with Crippen molar-refractivity contribution in [2.24, 2.45) is 5.92 Å². The number of amides is 1. The van der Waals surface area contributed by atoms with E-state index in [4.69, 9.17) is 5.11 Å². The highest BCUT2D eigenvalue weighted by Gasteiger charge is 2.35. The maximum Gasteiger partial charge on any atom is 0.316 e. The molecule has 1 N–H and O–H groups in total. The van der Waals surface area contributed by atoms with Crippen LogP contribution in [0.5, 0.6) is 0 Å². The summed E-state index contributed by atoms with van der Waals surface area (Å²) in [5, 5.41) is 8.55. The van der Waals surface area contributed by atoms with Crippen molar-refractivity contribution < 1.29 is 14.7 Å². The Hall–Kier alpha value is -1.06. The molecule has 0 saturated carbocycles. The number of carboxylic acid groups (broad SMARTS) is 1. The summed E-state index contributed by atoms with van der Waals surface area (Å²) in [5.41, 5.74) is 0. The zero-order valence-corrected chi connectivity index (χ0v) is 6.41. The number of nitrogens with zero attached hydrogens (tertiary/aromatic N) is 1. The number of likely N-dealkylation sites (tertiary alicyclic amines) is 1.